The zero-order valence-electron chi connectivity index (χ0n) is 7.14. The van der Waals surface area contributed by atoms with Crippen LogP contribution in [-0.2, 0) is 0 Å². The first kappa shape index (κ1) is 10.0. The molecule has 0 fully saturated rings. The van der Waals surface area contributed by atoms with Crippen molar-refractivity contribution in [3.8, 4) is 17.9 Å². The Morgan fingerprint density at radius 1 is 1.36 bits per heavy atom. The second-order valence-corrected chi connectivity index (χ2v) is 2.49. The summed E-state index contributed by atoms with van der Waals surface area (Å²) in [6.07, 6.45) is -0.00241. The van der Waals surface area contributed by atoms with E-state index in [1.54, 1.807) is 6.07 Å². The molecule has 2 N–H and O–H groups in total. The molecule has 2 nitrogen and oxygen atoms in total. The Labute approximate surface area is 80.0 Å². The lowest BCUT2D eigenvalue weighted by Gasteiger charge is -1.99. The Balaban J connectivity index is 3.11. The van der Waals surface area contributed by atoms with Crippen molar-refractivity contribution in [1.82, 2.24) is 0 Å². The van der Waals surface area contributed by atoms with Crippen molar-refractivity contribution in [2.45, 2.75) is 6.42 Å². The topological polar surface area (TPSA) is 49.8 Å². The summed E-state index contributed by atoms with van der Waals surface area (Å²) in [7, 11) is 0. The number of benzene rings is 1. The third-order valence-corrected chi connectivity index (χ3v) is 1.48. The number of hydrogen-bond donors (Lipinski definition) is 1. The predicted octanol–water partition coefficient (Wildman–Crippen LogP) is 1.81. The standard InChI is InChI=1S/C10H6F2N2/c11-8-5-7(3-1-2-4-13)10(14)9(12)6-8/h5-6H,2,14H2. The molecule has 1 aromatic carbocycles. The van der Waals surface area contributed by atoms with Gasteiger partial charge in [0.2, 0.25) is 0 Å². The van der Waals surface area contributed by atoms with Crippen molar-refractivity contribution in [2.75, 3.05) is 5.73 Å². The van der Waals surface area contributed by atoms with Crippen LogP contribution < -0.4 is 5.73 Å². The van der Waals surface area contributed by atoms with Crippen molar-refractivity contribution in [3.63, 3.8) is 0 Å². The van der Waals surface area contributed by atoms with Crippen LogP contribution in [0.25, 0.3) is 0 Å². The van der Waals surface area contributed by atoms with Gasteiger partial charge in [0.1, 0.15) is 11.6 Å². The Bertz CT molecular complexity index is 450. The van der Waals surface area contributed by atoms with Gasteiger partial charge in [0.15, 0.2) is 0 Å². The number of hydrogen-bond acceptors (Lipinski definition) is 2. The van der Waals surface area contributed by atoms with Crippen molar-refractivity contribution < 1.29 is 8.78 Å². The monoisotopic (exact) mass is 192 g/mol. The lowest BCUT2D eigenvalue weighted by molar-refractivity contribution is 0.586. The van der Waals surface area contributed by atoms with E-state index in [1.807, 2.05) is 0 Å². The maximum atomic E-state index is 12.9. The summed E-state index contributed by atoms with van der Waals surface area (Å²) in [6, 6.07) is 3.50. The third-order valence-electron chi connectivity index (χ3n) is 1.48. The molecule has 0 aromatic heterocycles. The van der Waals surface area contributed by atoms with Gasteiger partial charge in [0, 0.05) is 6.07 Å². The molecule has 1 rings (SSSR count). The van der Waals surface area contributed by atoms with Crippen LogP contribution in [-0.4, -0.2) is 0 Å². The number of nitrogens with zero attached hydrogens (tertiary/aromatic N) is 1. The normalized spacial score (nSPS) is 8.64. The molecule has 0 radical (unpaired) electrons. The molecule has 0 atom stereocenters. The second kappa shape index (κ2) is 4.25. The summed E-state index contributed by atoms with van der Waals surface area (Å²) in [5.41, 5.74) is 5.18. The van der Waals surface area contributed by atoms with E-state index in [4.69, 9.17) is 11.0 Å². The number of nitriles is 1. The molecule has 0 bridgehead atoms. The lowest BCUT2D eigenvalue weighted by atomic mass is 10.1. The molecule has 0 unspecified atom stereocenters. The minimum Gasteiger partial charge on any atom is -0.395 e. The first-order valence-corrected chi connectivity index (χ1v) is 3.75. The third kappa shape index (κ3) is 2.21. The fourth-order valence-corrected chi connectivity index (χ4v) is 0.867. The van der Waals surface area contributed by atoms with E-state index >= 15 is 0 Å². The van der Waals surface area contributed by atoms with E-state index in [1.165, 1.54) is 0 Å². The molecule has 0 aliphatic heterocycles. The highest BCUT2D eigenvalue weighted by molar-refractivity contribution is 5.56. The quantitative estimate of drug-likeness (QED) is 0.503. The highest BCUT2D eigenvalue weighted by Crippen LogP contribution is 2.16. The Hall–Kier alpha value is -2.07. The van der Waals surface area contributed by atoms with Crippen molar-refractivity contribution in [3.05, 3.63) is 29.3 Å². The smallest absolute Gasteiger partial charge is 0.150 e. The molecular weight excluding hydrogens is 186 g/mol. The highest BCUT2D eigenvalue weighted by Gasteiger charge is 2.05. The zero-order valence-corrected chi connectivity index (χ0v) is 7.14. The predicted molar refractivity (Wildman–Crippen MR) is 47.9 cm³/mol. The molecule has 0 saturated heterocycles. The van der Waals surface area contributed by atoms with Gasteiger partial charge in [-0.25, -0.2) is 8.78 Å². The van der Waals surface area contributed by atoms with Crippen molar-refractivity contribution >= 4 is 5.69 Å². The van der Waals surface area contributed by atoms with Gasteiger partial charge in [-0.2, -0.15) is 5.26 Å². The fourth-order valence-electron chi connectivity index (χ4n) is 0.867. The number of nitrogen functional groups attached to an aromatic ring is 1. The first-order valence-electron chi connectivity index (χ1n) is 3.75. The van der Waals surface area contributed by atoms with Gasteiger partial charge in [-0.15, -0.1) is 0 Å². The molecule has 0 spiro atoms. The zero-order chi connectivity index (χ0) is 10.6. The largest absolute Gasteiger partial charge is 0.395 e. The summed E-state index contributed by atoms with van der Waals surface area (Å²) in [5, 5.41) is 8.19. The molecule has 4 heteroatoms. The van der Waals surface area contributed by atoms with E-state index in [9.17, 15) is 8.78 Å². The first-order chi connectivity index (χ1) is 6.65. The molecule has 1 aromatic rings. The van der Waals surface area contributed by atoms with Crippen LogP contribution in [0, 0.1) is 34.8 Å². The minimum absolute atomic E-state index is 0.00241. The second-order valence-electron chi connectivity index (χ2n) is 2.49. The van der Waals surface area contributed by atoms with Crippen molar-refractivity contribution in [1.29, 1.82) is 5.26 Å². The van der Waals surface area contributed by atoms with Gasteiger partial charge < -0.3 is 5.73 Å². The number of rotatable bonds is 0. The van der Waals surface area contributed by atoms with E-state index in [0.29, 0.717) is 6.07 Å². The molecule has 0 aliphatic rings. The van der Waals surface area contributed by atoms with Gasteiger partial charge in [-0.05, 0) is 6.07 Å². The maximum absolute atomic E-state index is 12.9. The number of nitrogens with two attached hydrogens (primary N) is 1. The highest BCUT2D eigenvalue weighted by atomic mass is 19.1. The fraction of sp³-hybridized carbons (Fsp3) is 0.100. The Morgan fingerprint density at radius 3 is 2.71 bits per heavy atom. The summed E-state index contributed by atoms with van der Waals surface area (Å²) in [5.74, 6) is 3.26. The lowest BCUT2D eigenvalue weighted by Crippen LogP contribution is -1.96. The molecule has 0 amide bonds. The van der Waals surface area contributed by atoms with Crippen LogP contribution in [0.4, 0.5) is 14.5 Å². The van der Waals surface area contributed by atoms with Crippen molar-refractivity contribution in [2.24, 2.45) is 0 Å². The van der Waals surface area contributed by atoms with Crippen LogP contribution in [0.5, 0.6) is 0 Å². The SMILES string of the molecule is N#CCC#Cc1cc(F)cc(F)c1N. The summed E-state index contributed by atoms with van der Waals surface area (Å²) in [6.45, 7) is 0. The van der Waals surface area contributed by atoms with Crippen LogP contribution in [0.3, 0.4) is 0 Å². The Morgan fingerprint density at radius 2 is 2.07 bits per heavy atom. The summed E-state index contributed by atoms with van der Waals surface area (Å²) >= 11 is 0. The molecule has 14 heavy (non-hydrogen) atoms. The number of anilines is 1. The van der Waals surface area contributed by atoms with Crippen LogP contribution in [0.2, 0.25) is 0 Å². The van der Waals surface area contributed by atoms with Gasteiger partial charge in [-0.1, -0.05) is 11.8 Å². The molecule has 0 saturated carbocycles. The number of halogens is 2. The van der Waals surface area contributed by atoms with E-state index in [2.05, 4.69) is 11.8 Å². The average molecular weight is 192 g/mol. The Kier molecular flexibility index (Phi) is 3.04. The molecular formula is C10H6F2N2. The van der Waals surface area contributed by atoms with Gasteiger partial charge in [0.25, 0.3) is 0 Å². The van der Waals surface area contributed by atoms with Gasteiger partial charge in [0.05, 0.1) is 23.7 Å². The maximum Gasteiger partial charge on any atom is 0.150 e. The van der Waals surface area contributed by atoms with E-state index < -0.39 is 11.6 Å². The van der Waals surface area contributed by atoms with Crippen LogP contribution >= 0.6 is 0 Å². The molecule has 0 heterocycles. The summed E-state index contributed by atoms with van der Waals surface area (Å²) in [4.78, 5) is 0. The van der Waals surface area contributed by atoms with E-state index in [0.717, 1.165) is 6.07 Å². The molecule has 70 valence electrons. The van der Waals surface area contributed by atoms with Gasteiger partial charge in [-0.3, -0.25) is 0 Å². The molecule has 0 aliphatic carbocycles. The average Bonchev–Trinajstić information content (AvgIpc) is 2.13. The van der Waals surface area contributed by atoms with Crippen LogP contribution in [0.15, 0.2) is 12.1 Å². The minimum atomic E-state index is -0.841. The van der Waals surface area contributed by atoms with Gasteiger partial charge >= 0.3 is 0 Å². The van der Waals surface area contributed by atoms with Crippen LogP contribution in [0.1, 0.15) is 12.0 Å². The summed E-state index contributed by atoms with van der Waals surface area (Å²) < 4.78 is 25.5. The van der Waals surface area contributed by atoms with E-state index in [-0.39, 0.29) is 17.7 Å².